The number of aliphatic hydroxyl groups is 4. The van der Waals surface area contributed by atoms with Crippen molar-refractivity contribution in [2.24, 2.45) is 0 Å². The Hall–Kier alpha value is -0.170. The molecule has 0 bridgehead atoms. The van der Waals surface area contributed by atoms with E-state index in [-0.39, 0.29) is 32.2 Å². The Kier molecular flexibility index (Phi) is 27.4. The van der Waals surface area contributed by atoms with E-state index in [9.17, 15) is 0 Å². The number of aliphatic hydroxyl groups excluding tert-OH is 4. The van der Waals surface area contributed by atoms with E-state index in [1.54, 1.807) is 6.08 Å². The Bertz CT molecular complexity index is 136. The summed E-state index contributed by atoms with van der Waals surface area (Å²) < 4.78 is 0.844. The van der Waals surface area contributed by atoms with Crippen molar-refractivity contribution in [2.45, 2.75) is 13.0 Å². The molecular formula is C11H28ClNO4. The zero-order chi connectivity index (χ0) is 13.6. The third-order valence-corrected chi connectivity index (χ3v) is 1.19. The van der Waals surface area contributed by atoms with E-state index >= 15 is 0 Å². The molecule has 0 heterocycles. The number of hydrogen-bond acceptors (Lipinski definition) is 4. The van der Waals surface area contributed by atoms with Gasteiger partial charge in [-0.05, 0) is 6.92 Å². The van der Waals surface area contributed by atoms with Crippen LogP contribution in [0.4, 0.5) is 0 Å². The molecule has 0 aromatic heterocycles. The molecule has 4 N–H and O–H groups in total. The fourth-order valence-electron chi connectivity index (χ4n) is 0.358. The minimum atomic E-state index is -0.954. The molecule has 6 heteroatoms. The average molecular weight is 274 g/mol. The molecule has 0 saturated heterocycles. The van der Waals surface area contributed by atoms with Crippen molar-refractivity contribution in [3.05, 3.63) is 12.7 Å². The third kappa shape index (κ3) is 49.4. The van der Waals surface area contributed by atoms with Crippen LogP contribution < -0.4 is 12.4 Å². The molecule has 108 valence electrons. The Balaban J connectivity index is -0.0000000778. The van der Waals surface area contributed by atoms with E-state index in [1.807, 2.05) is 6.92 Å². The summed E-state index contributed by atoms with van der Waals surface area (Å²) in [5.41, 5.74) is 0. The summed E-state index contributed by atoms with van der Waals surface area (Å²) in [5, 5.41) is 32.4. The Morgan fingerprint density at radius 2 is 1.41 bits per heavy atom. The van der Waals surface area contributed by atoms with Crippen LogP contribution in [0.25, 0.3) is 0 Å². The van der Waals surface area contributed by atoms with E-state index in [1.165, 1.54) is 0 Å². The van der Waals surface area contributed by atoms with Crippen LogP contribution in [0, 0.1) is 0 Å². The van der Waals surface area contributed by atoms with Crippen LogP contribution in [-0.4, -0.2) is 78.5 Å². The second-order valence-electron chi connectivity index (χ2n) is 4.16. The standard InChI is InChI=1S/C5H14NO.C3H8O3.C3H6.ClH/c1-6(2,3)4-5-7;4-1-3(6)2-5;1-3-2;/h7H,4-5H2,1-3H3;3-6H,1-2H2;3H,1H2,2H3;1H/q+1;;;/p-1. The molecule has 0 aliphatic rings. The third-order valence-electron chi connectivity index (χ3n) is 1.19. The lowest BCUT2D eigenvalue weighted by atomic mass is 10.4. The molecule has 0 aliphatic carbocycles. The number of rotatable bonds is 4. The maximum atomic E-state index is 8.39. The van der Waals surface area contributed by atoms with Gasteiger partial charge in [-0.1, -0.05) is 6.08 Å². The summed E-state index contributed by atoms with van der Waals surface area (Å²) in [6.45, 7) is 5.64. The van der Waals surface area contributed by atoms with Crippen LogP contribution in [0.15, 0.2) is 12.7 Å². The van der Waals surface area contributed by atoms with Gasteiger partial charge in [-0.25, -0.2) is 0 Å². The zero-order valence-electron chi connectivity index (χ0n) is 11.3. The largest absolute Gasteiger partial charge is 1.00 e. The zero-order valence-corrected chi connectivity index (χ0v) is 12.1. The highest BCUT2D eigenvalue weighted by atomic mass is 35.5. The number of nitrogens with zero attached hydrogens (tertiary/aromatic N) is 1. The normalized spacial score (nSPS) is 9.24. The Morgan fingerprint density at radius 1 is 1.12 bits per heavy atom. The second kappa shape index (κ2) is 18.2. The lowest BCUT2D eigenvalue weighted by Crippen LogP contribution is -3.00. The lowest BCUT2D eigenvalue weighted by Gasteiger charge is -2.21. The SMILES string of the molecule is C=CC.C[N+](C)(C)CCO.OCC(O)CO.[Cl-]. The predicted octanol–water partition coefficient (Wildman–Crippen LogP) is -3.79. The number of likely N-dealkylation sites (N-methyl/N-ethyl adjacent to an activating group) is 1. The molecule has 0 aliphatic heterocycles. The van der Waals surface area contributed by atoms with Crippen molar-refractivity contribution in [3.8, 4) is 0 Å². The maximum Gasteiger partial charge on any atom is 0.101 e. The highest BCUT2D eigenvalue weighted by molar-refractivity contribution is 4.51. The maximum absolute atomic E-state index is 8.39. The van der Waals surface area contributed by atoms with Gasteiger partial charge in [-0.2, -0.15) is 0 Å². The van der Waals surface area contributed by atoms with E-state index in [0.29, 0.717) is 0 Å². The van der Waals surface area contributed by atoms with Crippen molar-refractivity contribution < 1.29 is 37.3 Å². The molecule has 0 spiro atoms. The summed E-state index contributed by atoms with van der Waals surface area (Å²) in [7, 11) is 6.16. The first-order valence-corrected chi connectivity index (χ1v) is 5.17. The number of halogens is 1. The summed E-state index contributed by atoms with van der Waals surface area (Å²) in [5.74, 6) is 0. The van der Waals surface area contributed by atoms with Crippen LogP contribution in [0.5, 0.6) is 0 Å². The van der Waals surface area contributed by atoms with Gasteiger partial charge in [0.1, 0.15) is 12.6 Å². The minimum Gasteiger partial charge on any atom is -1.00 e. The van der Waals surface area contributed by atoms with Gasteiger partial charge in [0, 0.05) is 0 Å². The van der Waals surface area contributed by atoms with Crippen molar-refractivity contribution >= 4 is 0 Å². The molecule has 5 nitrogen and oxygen atoms in total. The van der Waals surface area contributed by atoms with Gasteiger partial charge in [-0.3, -0.25) is 0 Å². The fourth-order valence-corrected chi connectivity index (χ4v) is 0.358. The molecule has 0 aromatic rings. The Morgan fingerprint density at radius 3 is 1.41 bits per heavy atom. The van der Waals surface area contributed by atoms with E-state index in [4.69, 9.17) is 20.4 Å². The Labute approximate surface area is 111 Å². The summed E-state index contributed by atoms with van der Waals surface area (Å²) >= 11 is 0. The van der Waals surface area contributed by atoms with Gasteiger partial charge < -0.3 is 37.3 Å². The predicted molar refractivity (Wildman–Crippen MR) is 66.0 cm³/mol. The summed E-state index contributed by atoms with van der Waals surface area (Å²) in [4.78, 5) is 0. The molecule has 0 atom stereocenters. The van der Waals surface area contributed by atoms with Crippen molar-refractivity contribution in [1.82, 2.24) is 0 Å². The average Bonchev–Trinajstić information content (AvgIpc) is 2.17. The molecule has 0 amide bonds. The number of hydrogen-bond donors (Lipinski definition) is 4. The molecular weight excluding hydrogens is 246 g/mol. The van der Waals surface area contributed by atoms with Gasteiger partial charge in [0.25, 0.3) is 0 Å². The first kappa shape index (κ1) is 25.6. The van der Waals surface area contributed by atoms with Crippen LogP contribution in [0.2, 0.25) is 0 Å². The topological polar surface area (TPSA) is 80.9 Å². The van der Waals surface area contributed by atoms with Gasteiger partial charge >= 0.3 is 0 Å². The summed E-state index contributed by atoms with van der Waals surface area (Å²) in [6.07, 6.45) is 0.796. The highest BCUT2D eigenvalue weighted by Gasteiger charge is 2.02. The van der Waals surface area contributed by atoms with Crippen molar-refractivity contribution in [3.63, 3.8) is 0 Å². The van der Waals surface area contributed by atoms with Gasteiger partial charge in [0.2, 0.25) is 0 Å². The highest BCUT2D eigenvalue weighted by Crippen LogP contribution is 1.84. The summed E-state index contributed by atoms with van der Waals surface area (Å²) in [6, 6.07) is 0. The van der Waals surface area contributed by atoms with Crippen molar-refractivity contribution in [1.29, 1.82) is 0 Å². The first-order chi connectivity index (χ1) is 7.28. The molecule has 0 unspecified atom stereocenters. The van der Waals surface area contributed by atoms with Gasteiger partial charge in [0.05, 0.1) is 41.0 Å². The van der Waals surface area contributed by atoms with Crippen LogP contribution >= 0.6 is 0 Å². The molecule has 17 heavy (non-hydrogen) atoms. The smallest absolute Gasteiger partial charge is 0.101 e. The lowest BCUT2D eigenvalue weighted by molar-refractivity contribution is -0.870. The molecule has 0 fully saturated rings. The number of quaternary nitrogens is 1. The molecule has 0 saturated carbocycles. The minimum absolute atomic E-state index is 0. The number of allylic oxidation sites excluding steroid dienone is 1. The fraction of sp³-hybridized carbons (Fsp3) is 0.818. The first-order valence-electron chi connectivity index (χ1n) is 5.17. The monoisotopic (exact) mass is 273 g/mol. The van der Waals surface area contributed by atoms with Crippen LogP contribution in [0.3, 0.4) is 0 Å². The second-order valence-corrected chi connectivity index (χ2v) is 4.16. The molecule has 0 rings (SSSR count). The molecule has 0 aromatic carbocycles. The van der Waals surface area contributed by atoms with Crippen LogP contribution in [-0.2, 0) is 0 Å². The quantitative estimate of drug-likeness (QED) is 0.313. The van der Waals surface area contributed by atoms with Crippen molar-refractivity contribution in [2.75, 3.05) is 47.5 Å². The van der Waals surface area contributed by atoms with Crippen LogP contribution in [0.1, 0.15) is 6.92 Å². The van der Waals surface area contributed by atoms with Gasteiger partial charge in [-0.15, -0.1) is 6.58 Å². The molecule has 0 radical (unpaired) electrons. The van der Waals surface area contributed by atoms with Gasteiger partial charge in [0.15, 0.2) is 0 Å². The van der Waals surface area contributed by atoms with E-state index in [0.717, 1.165) is 11.0 Å². The van der Waals surface area contributed by atoms with E-state index < -0.39 is 6.10 Å². The van der Waals surface area contributed by atoms with E-state index in [2.05, 4.69) is 27.7 Å².